The Kier molecular flexibility index (Phi) is 7.79. The normalized spacial score (nSPS) is 10.3. The molecule has 0 radical (unpaired) electrons. The molecule has 0 aliphatic carbocycles. The summed E-state index contributed by atoms with van der Waals surface area (Å²) >= 11 is 1.40. The summed E-state index contributed by atoms with van der Waals surface area (Å²) < 4.78 is 0. The third-order valence-corrected chi connectivity index (χ3v) is 3.79. The number of unbranched alkanes of at least 4 members (excludes halogenated alkanes) is 3. The number of hydrogen-bond donors (Lipinski definition) is 1. The summed E-state index contributed by atoms with van der Waals surface area (Å²) in [4.78, 5) is 23.7. The average Bonchev–Trinajstić information content (AvgIpc) is 2.88. The minimum atomic E-state index is -0.312. The van der Waals surface area contributed by atoms with Crippen LogP contribution in [0.2, 0.25) is 0 Å². The number of carbonyl (C=O) groups is 2. The molecule has 0 fully saturated rings. The molecule has 0 atom stereocenters. The van der Waals surface area contributed by atoms with E-state index in [1.54, 1.807) is 0 Å². The molecule has 0 aliphatic rings. The standard InChI is InChI=1S/C13H22N4O2S/c1-3-5-6-7-8-11-15-16-12(20-11)14-13(19)17(4-2)9-10-18/h10H,3-9H2,1-2H3,(H,14,16,19). The highest BCUT2D eigenvalue weighted by Crippen LogP contribution is 2.18. The highest BCUT2D eigenvalue weighted by molar-refractivity contribution is 7.15. The molecule has 112 valence electrons. The fourth-order valence-electron chi connectivity index (χ4n) is 1.72. The van der Waals surface area contributed by atoms with E-state index in [0.717, 1.165) is 17.8 Å². The predicted octanol–water partition coefficient (Wildman–Crippen LogP) is 2.71. The number of aldehydes is 1. The van der Waals surface area contributed by atoms with Gasteiger partial charge in [0.25, 0.3) is 0 Å². The molecule has 1 N–H and O–H groups in total. The van der Waals surface area contributed by atoms with Crippen LogP contribution in [0.3, 0.4) is 0 Å². The van der Waals surface area contributed by atoms with Crippen molar-refractivity contribution in [2.45, 2.75) is 46.0 Å². The van der Waals surface area contributed by atoms with E-state index in [2.05, 4.69) is 22.4 Å². The lowest BCUT2D eigenvalue weighted by Gasteiger charge is -2.16. The van der Waals surface area contributed by atoms with Crippen LogP contribution < -0.4 is 5.32 Å². The highest BCUT2D eigenvalue weighted by atomic mass is 32.1. The number of nitrogens with zero attached hydrogens (tertiary/aromatic N) is 3. The van der Waals surface area contributed by atoms with E-state index in [4.69, 9.17) is 0 Å². The van der Waals surface area contributed by atoms with Gasteiger partial charge in [-0.15, -0.1) is 10.2 Å². The van der Waals surface area contributed by atoms with Crippen molar-refractivity contribution in [3.05, 3.63) is 5.01 Å². The van der Waals surface area contributed by atoms with Gasteiger partial charge in [0.15, 0.2) is 0 Å². The van der Waals surface area contributed by atoms with Crippen LogP contribution in [0.25, 0.3) is 0 Å². The monoisotopic (exact) mass is 298 g/mol. The molecule has 0 unspecified atom stereocenters. The third kappa shape index (κ3) is 5.64. The molecule has 0 aromatic carbocycles. The maximum atomic E-state index is 11.8. The number of rotatable bonds is 9. The van der Waals surface area contributed by atoms with Crippen molar-refractivity contribution in [2.75, 3.05) is 18.4 Å². The molecule has 20 heavy (non-hydrogen) atoms. The number of hydrogen-bond acceptors (Lipinski definition) is 5. The lowest BCUT2D eigenvalue weighted by Crippen LogP contribution is -2.36. The second-order valence-electron chi connectivity index (χ2n) is 4.45. The van der Waals surface area contributed by atoms with Gasteiger partial charge in [0.05, 0.1) is 6.54 Å². The third-order valence-electron chi connectivity index (χ3n) is 2.89. The Morgan fingerprint density at radius 2 is 2.10 bits per heavy atom. The number of likely N-dealkylation sites (N-methyl/N-ethyl adjacent to an activating group) is 1. The van der Waals surface area contributed by atoms with Crippen LogP contribution in [0.1, 0.15) is 44.5 Å². The van der Waals surface area contributed by atoms with Crippen molar-refractivity contribution in [1.29, 1.82) is 0 Å². The van der Waals surface area contributed by atoms with Gasteiger partial charge in [-0.25, -0.2) is 4.79 Å². The van der Waals surface area contributed by atoms with Crippen molar-refractivity contribution in [3.8, 4) is 0 Å². The molecular formula is C13H22N4O2S. The molecule has 7 heteroatoms. The first-order chi connectivity index (χ1) is 9.71. The Labute approximate surface area is 123 Å². The summed E-state index contributed by atoms with van der Waals surface area (Å²) in [5.74, 6) is 0. The second kappa shape index (κ2) is 9.41. The summed E-state index contributed by atoms with van der Waals surface area (Å²) in [5, 5.41) is 12.1. The zero-order valence-electron chi connectivity index (χ0n) is 12.1. The van der Waals surface area contributed by atoms with Gasteiger partial charge in [0, 0.05) is 13.0 Å². The molecule has 6 nitrogen and oxygen atoms in total. The Morgan fingerprint density at radius 3 is 2.75 bits per heavy atom. The molecular weight excluding hydrogens is 276 g/mol. The Hall–Kier alpha value is -1.50. The molecule has 1 aromatic heterocycles. The van der Waals surface area contributed by atoms with Crippen LogP contribution in [0, 0.1) is 0 Å². The molecule has 0 bridgehead atoms. The number of urea groups is 1. The summed E-state index contributed by atoms with van der Waals surface area (Å²) in [6, 6.07) is -0.312. The summed E-state index contributed by atoms with van der Waals surface area (Å²) in [6.45, 7) is 4.57. The van der Waals surface area contributed by atoms with E-state index < -0.39 is 0 Å². The van der Waals surface area contributed by atoms with E-state index in [0.29, 0.717) is 18.0 Å². The van der Waals surface area contributed by atoms with Crippen LogP contribution in [-0.2, 0) is 11.2 Å². The van der Waals surface area contributed by atoms with Gasteiger partial charge in [-0.2, -0.15) is 0 Å². The largest absolute Gasteiger partial charge is 0.324 e. The van der Waals surface area contributed by atoms with E-state index in [1.807, 2.05) is 6.92 Å². The zero-order valence-corrected chi connectivity index (χ0v) is 12.9. The first kappa shape index (κ1) is 16.6. The van der Waals surface area contributed by atoms with Gasteiger partial charge in [0.1, 0.15) is 11.3 Å². The van der Waals surface area contributed by atoms with Gasteiger partial charge in [-0.05, 0) is 13.3 Å². The van der Waals surface area contributed by atoms with Gasteiger partial charge in [-0.3, -0.25) is 5.32 Å². The highest BCUT2D eigenvalue weighted by Gasteiger charge is 2.13. The van der Waals surface area contributed by atoms with E-state index >= 15 is 0 Å². The quantitative estimate of drug-likeness (QED) is 0.562. The first-order valence-corrected chi connectivity index (χ1v) is 7.84. The molecule has 0 saturated heterocycles. The lowest BCUT2D eigenvalue weighted by atomic mass is 10.2. The fourth-order valence-corrected chi connectivity index (χ4v) is 2.50. The minimum absolute atomic E-state index is 0.0883. The molecule has 1 aromatic rings. The van der Waals surface area contributed by atoms with Crippen molar-refractivity contribution in [2.24, 2.45) is 0 Å². The van der Waals surface area contributed by atoms with Crippen LogP contribution in [0.5, 0.6) is 0 Å². The zero-order chi connectivity index (χ0) is 14.8. The molecule has 0 saturated carbocycles. The Morgan fingerprint density at radius 1 is 1.30 bits per heavy atom. The number of aryl methyl sites for hydroxylation is 1. The second-order valence-corrected chi connectivity index (χ2v) is 5.51. The van der Waals surface area contributed by atoms with Gasteiger partial charge in [-0.1, -0.05) is 37.5 Å². The smallest absolute Gasteiger partial charge is 0.318 e. The average molecular weight is 298 g/mol. The maximum Gasteiger partial charge on any atom is 0.324 e. The Bertz CT molecular complexity index is 422. The number of aromatic nitrogens is 2. The van der Waals surface area contributed by atoms with E-state index in [-0.39, 0.29) is 12.6 Å². The number of amides is 2. The number of nitrogens with one attached hydrogen (secondary N) is 1. The SMILES string of the molecule is CCCCCCc1nnc(NC(=O)N(CC)CC=O)s1. The topological polar surface area (TPSA) is 75.2 Å². The van der Waals surface area contributed by atoms with Crippen LogP contribution in [-0.4, -0.2) is 40.5 Å². The molecule has 0 spiro atoms. The number of carbonyl (C=O) groups excluding carboxylic acids is 2. The summed E-state index contributed by atoms with van der Waals surface area (Å²) in [5.41, 5.74) is 0. The Balaban J connectivity index is 2.42. The fraction of sp³-hybridized carbons (Fsp3) is 0.692. The molecule has 0 aliphatic heterocycles. The van der Waals surface area contributed by atoms with Gasteiger partial charge < -0.3 is 9.69 Å². The van der Waals surface area contributed by atoms with Crippen molar-refractivity contribution in [1.82, 2.24) is 15.1 Å². The van der Waals surface area contributed by atoms with Crippen LogP contribution >= 0.6 is 11.3 Å². The summed E-state index contributed by atoms with van der Waals surface area (Å²) in [7, 11) is 0. The van der Waals surface area contributed by atoms with Crippen molar-refractivity contribution < 1.29 is 9.59 Å². The first-order valence-electron chi connectivity index (χ1n) is 7.03. The van der Waals surface area contributed by atoms with Crippen molar-refractivity contribution in [3.63, 3.8) is 0 Å². The van der Waals surface area contributed by atoms with E-state index in [9.17, 15) is 9.59 Å². The molecule has 2 amide bonds. The molecule has 1 heterocycles. The summed E-state index contributed by atoms with van der Waals surface area (Å²) in [6.07, 6.45) is 6.35. The lowest BCUT2D eigenvalue weighted by molar-refractivity contribution is -0.108. The van der Waals surface area contributed by atoms with E-state index in [1.165, 1.54) is 35.5 Å². The van der Waals surface area contributed by atoms with Gasteiger partial charge in [0.2, 0.25) is 5.13 Å². The molecule has 1 rings (SSSR count). The predicted molar refractivity (Wildman–Crippen MR) is 80.1 cm³/mol. The number of anilines is 1. The van der Waals surface area contributed by atoms with Crippen molar-refractivity contribution >= 4 is 28.8 Å². The maximum absolute atomic E-state index is 11.8. The van der Waals surface area contributed by atoms with Gasteiger partial charge >= 0.3 is 6.03 Å². The van der Waals surface area contributed by atoms with Crippen LogP contribution in [0.4, 0.5) is 9.93 Å². The minimum Gasteiger partial charge on any atom is -0.318 e. The van der Waals surface area contributed by atoms with Crippen LogP contribution in [0.15, 0.2) is 0 Å².